The first-order valence-electron chi connectivity index (χ1n) is 8.29. The van der Waals surface area contributed by atoms with Crippen molar-refractivity contribution in [2.75, 3.05) is 5.32 Å². The van der Waals surface area contributed by atoms with Crippen LogP contribution < -0.4 is 5.32 Å². The second-order valence-electron chi connectivity index (χ2n) is 7.45. The van der Waals surface area contributed by atoms with Crippen LogP contribution in [0.3, 0.4) is 0 Å². The van der Waals surface area contributed by atoms with E-state index < -0.39 is 11.6 Å². The van der Waals surface area contributed by atoms with E-state index in [-0.39, 0.29) is 11.6 Å². The largest absolute Gasteiger partial charge is 0.365 e. The summed E-state index contributed by atoms with van der Waals surface area (Å²) >= 11 is 0. The molecule has 1 aliphatic carbocycles. The van der Waals surface area contributed by atoms with Gasteiger partial charge < -0.3 is 9.88 Å². The van der Waals surface area contributed by atoms with Gasteiger partial charge in [-0.15, -0.1) is 0 Å². The molecule has 3 aromatic rings. The number of halogens is 2. The molecular weight excluding hydrogens is 324 g/mol. The lowest BCUT2D eigenvalue weighted by Gasteiger charge is -2.22. The first kappa shape index (κ1) is 15.9. The van der Waals surface area contributed by atoms with Crippen LogP contribution in [0, 0.1) is 11.6 Å². The van der Waals surface area contributed by atoms with E-state index in [4.69, 9.17) is 0 Å². The Labute approximate surface area is 144 Å². The predicted octanol–water partition coefficient (Wildman–Crippen LogP) is 4.32. The minimum absolute atomic E-state index is 0.197. The van der Waals surface area contributed by atoms with Crippen LogP contribution >= 0.6 is 0 Å². The van der Waals surface area contributed by atoms with Crippen LogP contribution in [0.4, 0.5) is 14.6 Å². The summed E-state index contributed by atoms with van der Waals surface area (Å²) < 4.78 is 29.4. The molecule has 1 aliphatic rings. The Morgan fingerprint density at radius 3 is 2.56 bits per heavy atom. The SMILES string of the molecule is CC(C)(C)Nc1ncncc1-c1nc2cc(F)c(F)cc2n1C1CC1. The molecule has 7 heteroatoms. The number of hydrogen-bond acceptors (Lipinski definition) is 4. The average molecular weight is 343 g/mol. The summed E-state index contributed by atoms with van der Waals surface area (Å²) in [6.07, 6.45) is 5.15. The molecule has 5 nitrogen and oxygen atoms in total. The summed E-state index contributed by atoms with van der Waals surface area (Å²) in [7, 11) is 0. The maximum absolute atomic E-state index is 13.8. The van der Waals surface area contributed by atoms with Crippen molar-refractivity contribution in [1.29, 1.82) is 0 Å². The van der Waals surface area contributed by atoms with Gasteiger partial charge in [-0.2, -0.15) is 0 Å². The molecule has 2 aromatic heterocycles. The molecule has 1 fully saturated rings. The zero-order chi connectivity index (χ0) is 17.8. The van der Waals surface area contributed by atoms with Crippen molar-refractivity contribution in [2.45, 2.75) is 45.2 Å². The highest BCUT2D eigenvalue weighted by Gasteiger charge is 2.30. The molecule has 0 bridgehead atoms. The molecule has 4 rings (SSSR count). The molecule has 1 aromatic carbocycles. The normalized spacial score (nSPS) is 14.9. The Kier molecular flexibility index (Phi) is 3.49. The molecule has 1 N–H and O–H groups in total. The van der Waals surface area contributed by atoms with E-state index in [0.29, 0.717) is 22.7 Å². The highest BCUT2D eigenvalue weighted by Crippen LogP contribution is 2.42. The van der Waals surface area contributed by atoms with Gasteiger partial charge in [-0.25, -0.2) is 23.7 Å². The van der Waals surface area contributed by atoms with Crippen molar-refractivity contribution in [3.05, 3.63) is 36.3 Å². The molecule has 0 radical (unpaired) electrons. The maximum Gasteiger partial charge on any atom is 0.161 e. The third-order valence-corrected chi connectivity index (χ3v) is 4.09. The van der Waals surface area contributed by atoms with Crippen LogP contribution in [0.25, 0.3) is 22.4 Å². The molecule has 0 spiro atoms. The van der Waals surface area contributed by atoms with Crippen LogP contribution in [0.15, 0.2) is 24.7 Å². The Bertz CT molecular complexity index is 954. The minimum atomic E-state index is -0.892. The van der Waals surface area contributed by atoms with Crippen LogP contribution in [0.1, 0.15) is 39.7 Å². The van der Waals surface area contributed by atoms with Gasteiger partial charge in [0.25, 0.3) is 0 Å². The Balaban J connectivity index is 1.94. The number of nitrogens with zero attached hydrogens (tertiary/aromatic N) is 4. The van der Waals surface area contributed by atoms with Gasteiger partial charge in [0.15, 0.2) is 11.6 Å². The number of rotatable bonds is 3. The van der Waals surface area contributed by atoms with Crippen LogP contribution in [-0.4, -0.2) is 25.1 Å². The van der Waals surface area contributed by atoms with Crippen LogP contribution in [0.2, 0.25) is 0 Å². The molecule has 1 saturated carbocycles. The van der Waals surface area contributed by atoms with Gasteiger partial charge >= 0.3 is 0 Å². The monoisotopic (exact) mass is 343 g/mol. The highest BCUT2D eigenvalue weighted by molar-refractivity contribution is 5.83. The van der Waals surface area contributed by atoms with E-state index in [9.17, 15) is 8.78 Å². The van der Waals surface area contributed by atoms with Gasteiger partial charge in [-0.3, -0.25) is 0 Å². The van der Waals surface area contributed by atoms with Crippen molar-refractivity contribution in [1.82, 2.24) is 19.5 Å². The summed E-state index contributed by atoms with van der Waals surface area (Å²) in [5.41, 5.74) is 1.56. The smallest absolute Gasteiger partial charge is 0.161 e. The number of hydrogen-bond donors (Lipinski definition) is 1. The number of imidazole rings is 1. The number of benzene rings is 1. The third-order valence-electron chi connectivity index (χ3n) is 4.09. The van der Waals surface area contributed by atoms with Gasteiger partial charge in [-0.1, -0.05) is 0 Å². The summed E-state index contributed by atoms with van der Waals surface area (Å²) in [4.78, 5) is 13.0. The van der Waals surface area contributed by atoms with Gasteiger partial charge in [0.05, 0.1) is 16.6 Å². The average Bonchev–Trinajstić information content (AvgIpc) is 3.29. The van der Waals surface area contributed by atoms with E-state index in [1.807, 2.05) is 25.3 Å². The zero-order valence-corrected chi connectivity index (χ0v) is 14.3. The third kappa shape index (κ3) is 2.94. The number of nitrogens with one attached hydrogen (secondary N) is 1. The summed E-state index contributed by atoms with van der Waals surface area (Å²) in [6.45, 7) is 6.11. The van der Waals surface area contributed by atoms with Gasteiger partial charge in [0.2, 0.25) is 0 Å². The zero-order valence-electron chi connectivity index (χ0n) is 14.3. The van der Waals surface area contributed by atoms with E-state index in [1.165, 1.54) is 12.4 Å². The summed E-state index contributed by atoms with van der Waals surface area (Å²) in [5, 5.41) is 3.35. The van der Waals surface area contributed by atoms with E-state index in [2.05, 4.69) is 20.3 Å². The summed E-state index contributed by atoms with van der Waals surface area (Å²) in [6, 6.07) is 2.61. The van der Waals surface area contributed by atoms with Crippen molar-refractivity contribution in [3.63, 3.8) is 0 Å². The standard InChI is InChI=1S/C18H19F2N5/c1-18(2,3)24-16-11(8-21-9-22-16)17-23-14-6-12(19)13(20)7-15(14)25(17)10-4-5-10/h6-10H,4-5H2,1-3H3,(H,21,22,24). The quantitative estimate of drug-likeness (QED) is 0.770. The maximum atomic E-state index is 13.8. The van der Waals surface area contributed by atoms with Gasteiger partial charge in [0.1, 0.15) is 18.0 Å². The van der Waals surface area contributed by atoms with Gasteiger partial charge in [-0.05, 0) is 33.6 Å². The first-order chi connectivity index (χ1) is 11.8. The second kappa shape index (κ2) is 5.47. The number of fused-ring (bicyclic) bond motifs is 1. The Hall–Kier alpha value is -2.57. The second-order valence-corrected chi connectivity index (χ2v) is 7.45. The van der Waals surface area contributed by atoms with E-state index in [0.717, 1.165) is 24.5 Å². The fraction of sp³-hybridized carbons (Fsp3) is 0.389. The topological polar surface area (TPSA) is 55.6 Å². The molecule has 2 heterocycles. The van der Waals surface area contributed by atoms with Gasteiger partial charge in [0, 0.05) is 29.9 Å². The Morgan fingerprint density at radius 2 is 1.88 bits per heavy atom. The fourth-order valence-corrected chi connectivity index (χ4v) is 2.93. The van der Waals surface area contributed by atoms with E-state index >= 15 is 0 Å². The minimum Gasteiger partial charge on any atom is -0.365 e. The van der Waals surface area contributed by atoms with Crippen molar-refractivity contribution in [2.24, 2.45) is 0 Å². The van der Waals surface area contributed by atoms with Crippen LogP contribution in [-0.2, 0) is 0 Å². The Morgan fingerprint density at radius 1 is 1.16 bits per heavy atom. The highest BCUT2D eigenvalue weighted by atomic mass is 19.2. The van der Waals surface area contributed by atoms with Crippen molar-refractivity contribution in [3.8, 4) is 11.4 Å². The lowest BCUT2D eigenvalue weighted by atomic mass is 10.1. The molecule has 25 heavy (non-hydrogen) atoms. The lowest BCUT2D eigenvalue weighted by molar-refractivity contribution is 0.510. The number of anilines is 1. The van der Waals surface area contributed by atoms with Crippen LogP contribution in [0.5, 0.6) is 0 Å². The molecule has 0 atom stereocenters. The molecule has 130 valence electrons. The molecule has 0 unspecified atom stereocenters. The summed E-state index contributed by atoms with van der Waals surface area (Å²) in [5.74, 6) is -0.467. The van der Waals surface area contributed by atoms with Crippen molar-refractivity contribution >= 4 is 16.9 Å². The van der Waals surface area contributed by atoms with E-state index in [1.54, 1.807) is 6.20 Å². The number of aromatic nitrogens is 4. The van der Waals surface area contributed by atoms with Crippen molar-refractivity contribution < 1.29 is 8.78 Å². The molecular formula is C18H19F2N5. The molecule has 0 aliphatic heterocycles. The first-order valence-corrected chi connectivity index (χ1v) is 8.29. The lowest BCUT2D eigenvalue weighted by Crippen LogP contribution is -2.27. The molecule has 0 amide bonds. The fourth-order valence-electron chi connectivity index (χ4n) is 2.93. The molecule has 0 saturated heterocycles. The predicted molar refractivity (Wildman–Crippen MR) is 92.3 cm³/mol.